The van der Waals surface area contributed by atoms with Crippen LogP contribution in [0, 0.1) is 0 Å². The lowest BCUT2D eigenvalue weighted by atomic mass is 10.2. The smallest absolute Gasteiger partial charge is 0.306 e. The van der Waals surface area contributed by atoms with Crippen molar-refractivity contribution in [3.8, 4) is 0 Å². The number of aldehydes is 1. The molecule has 0 saturated carbocycles. The number of aromatic nitrogens is 6. The monoisotopic (exact) mass is 816 g/mol. The number of carbonyl (C=O) groups is 3. The summed E-state index contributed by atoms with van der Waals surface area (Å²) in [5.74, 6) is -0.405. The van der Waals surface area contributed by atoms with E-state index in [1.54, 1.807) is 21.8 Å². The standard InChI is InChI=1S/C21H39N3O7.C17H29N3O6/c1-6-29-20(30-7-2)18-17-24(23-22-18)10-12-27-14-16-28-15-13-26-11-8-9-19(25)31-21(3,4)5;1-17(2,3)26-16(22)5-4-7-23-9-11-25-12-10-24-8-6-20-13-15(14-21)18-19-20/h17,20H,6-16H2,1-5H3;13-14H,4-12H2,1-3H3. The van der Waals surface area contributed by atoms with Gasteiger partial charge in [0.15, 0.2) is 6.29 Å². The lowest BCUT2D eigenvalue weighted by molar-refractivity contribution is -0.156. The molecule has 0 amide bonds. The van der Waals surface area contributed by atoms with Gasteiger partial charge >= 0.3 is 11.9 Å². The van der Waals surface area contributed by atoms with Gasteiger partial charge in [0.1, 0.15) is 22.6 Å². The number of carbonyl (C=O) groups excluding carboxylic acids is 3. The highest BCUT2D eigenvalue weighted by Crippen LogP contribution is 2.16. The maximum atomic E-state index is 11.6. The van der Waals surface area contributed by atoms with Crippen LogP contribution in [0.2, 0.25) is 0 Å². The van der Waals surface area contributed by atoms with E-state index in [9.17, 15) is 14.4 Å². The first-order valence-corrected chi connectivity index (χ1v) is 19.6. The van der Waals surface area contributed by atoms with Crippen LogP contribution < -0.4 is 0 Å². The van der Waals surface area contributed by atoms with Gasteiger partial charge in [-0.05, 0) is 68.2 Å². The zero-order chi connectivity index (χ0) is 42.2. The van der Waals surface area contributed by atoms with Crippen LogP contribution in [0.3, 0.4) is 0 Å². The summed E-state index contributed by atoms with van der Waals surface area (Å²) in [6.45, 7) is 22.9. The van der Waals surface area contributed by atoms with Gasteiger partial charge in [-0.1, -0.05) is 10.4 Å². The summed E-state index contributed by atoms with van der Waals surface area (Å²) in [4.78, 5) is 33.5. The molecule has 0 aliphatic heterocycles. The van der Waals surface area contributed by atoms with Crippen molar-refractivity contribution >= 4 is 18.2 Å². The molecule has 0 radical (unpaired) electrons. The summed E-state index contributed by atoms with van der Waals surface area (Å²) in [6, 6.07) is 0. The van der Waals surface area contributed by atoms with E-state index in [4.69, 9.17) is 47.4 Å². The molecule has 19 nitrogen and oxygen atoms in total. The van der Waals surface area contributed by atoms with Crippen LogP contribution in [0.5, 0.6) is 0 Å². The topological polar surface area (TPSA) is 205 Å². The van der Waals surface area contributed by atoms with E-state index in [2.05, 4.69) is 20.6 Å². The molecule has 19 heteroatoms. The maximum Gasteiger partial charge on any atom is 0.306 e. The Hall–Kier alpha value is -3.43. The molecule has 2 aromatic heterocycles. The highest BCUT2D eigenvalue weighted by atomic mass is 16.7. The molecular formula is C38H68N6O13. The molecule has 0 spiro atoms. The summed E-state index contributed by atoms with van der Waals surface area (Å²) in [5.41, 5.74) is 0.0711. The molecule has 0 unspecified atom stereocenters. The molecule has 57 heavy (non-hydrogen) atoms. The quantitative estimate of drug-likeness (QED) is 0.0446. The Morgan fingerprint density at radius 2 is 0.982 bits per heavy atom. The fraction of sp³-hybridized carbons (Fsp3) is 0.816. The number of nitrogens with zero attached hydrogens (tertiary/aromatic N) is 6. The van der Waals surface area contributed by atoms with Crippen molar-refractivity contribution in [3.63, 3.8) is 0 Å². The molecule has 2 rings (SSSR count). The first kappa shape index (κ1) is 51.6. The van der Waals surface area contributed by atoms with Gasteiger partial charge in [-0.3, -0.25) is 14.4 Å². The van der Waals surface area contributed by atoms with Crippen molar-refractivity contribution in [2.45, 2.75) is 112 Å². The molecule has 0 aromatic carbocycles. The maximum absolute atomic E-state index is 11.6. The van der Waals surface area contributed by atoms with E-state index in [0.717, 1.165) is 0 Å². The molecule has 0 fully saturated rings. The minimum absolute atomic E-state index is 0.199. The highest BCUT2D eigenvalue weighted by Gasteiger charge is 2.17. The molecule has 0 aliphatic rings. The summed E-state index contributed by atoms with van der Waals surface area (Å²) in [7, 11) is 0. The molecule has 0 bridgehead atoms. The Morgan fingerprint density at radius 3 is 1.37 bits per heavy atom. The van der Waals surface area contributed by atoms with Crippen molar-refractivity contribution < 1.29 is 61.8 Å². The Labute approximate surface area is 337 Å². The van der Waals surface area contributed by atoms with Crippen LogP contribution in [0.15, 0.2) is 12.4 Å². The summed E-state index contributed by atoms with van der Waals surface area (Å²) < 4.78 is 57.3. The van der Waals surface area contributed by atoms with Crippen LogP contribution in [-0.4, -0.2) is 152 Å². The predicted octanol–water partition coefficient (Wildman–Crippen LogP) is 3.78. The Bertz CT molecular complexity index is 1310. The molecule has 0 atom stereocenters. The number of hydrogen-bond donors (Lipinski definition) is 0. The molecule has 2 heterocycles. The third-order valence-corrected chi connectivity index (χ3v) is 6.71. The second-order valence-corrected chi connectivity index (χ2v) is 14.2. The molecular weight excluding hydrogens is 748 g/mol. The molecule has 2 aromatic rings. The van der Waals surface area contributed by atoms with E-state index in [1.165, 1.54) is 0 Å². The van der Waals surface area contributed by atoms with Crippen LogP contribution in [0.4, 0.5) is 0 Å². The van der Waals surface area contributed by atoms with Crippen LogP contribution in [-0.2, 0) is 70.0 Å². The van der Waals surface area contributed by atoms with Gasteiger partial charge in [0.25, 0.3) is 0 Å². The minimum atomic E-state index is -0.488. The first-order chi connectivity index (χ1) is 27.3. The zero-order valence-electron chi connectivity index (χ0n) is 35.4. The molecule has 0 saturated heterocycles. The van der Waals surface area contributed by atoms with Crippen molar-refractivity contribution in [1.82, 2.24) is 30.0 Å². The average Bonchev–Trinajstić information content (AvgIpc) is 3.81. The zero-order valence-corrected chi connectivity index (χ0v) is 35.4. The molecule has 0 N–H and O–H groups in total. The second kappa shape index (κ2) is 31.5. The molecule has 0 aliphatic carbocycles. The Kier molecular flexibility index (Phi) is 28.6. The van der Waals surface area contributed by atoms with Gasteiger partial charge in [-0.25, -0.2) is 9.36 Å². The molecule has 328 valence electrons. The van der Waals surface area contributed by atoms with Crippen molar-refractivity contribution in [3.05, 3.63) is 23.8 Å². The Balaban J connectivity index is 0.000000579. The highest BCUT2D eigenvalue weighted by molar-refractivity contribution is 5.70. The second-order valence-electron chi connectivity index (χ2n) is 14.2. The average molecular weight is 817 g/mol. The summed E-state index contributed by atoms with van der Waals surface area (Å²) in [5, 5.41) is 15.6. The number of esters is 2. The third-order valence-electron chi connectivity index (χ3n) is 6.71. The van der Waals surface area contributed by atoms with Gasteiger partial charge in [0.2, 0.25) is 6.29 Å². The lowest BCUT2D eigenvalue weighted by Crippen LogP contribution is -2.23. The van der Waals surface area contributed by atoms with Crippen molar-refractivity contribution in [1.29, 1.82) is 0 Å². The fourth-order valence-corrected chi connectivity index (χ4v) is 4.35. The van der Waals surface area contributed by atoms with Gasteiger partial charge in [0.05, 0.1) is 91.6 Å². The summed E-state index contributed by atoms with van der Waals surface area (Å²) >= 11 is 0. The predicted molar refractivity (Wildman–Crippen MR) is 206 cm³/mol. The van der Waals surface area contributed by atoms with E-state index in [1.807, 2.05) is 55.4 Å². The summed E-state index contributed by atoms with van der Waals surface area (Å²) in [6.07, 6.45) is 5.51. The van der Waals surface area contributed by atoms with Gasteiger partial charge in [-0.15, -0.1) is 10.2 Å². The Morgan fingerprint density at radius 1 is 0.596 bits per heavy atom. The van der Waals surface area contributed by atoms with Crippen molar-refractivity contribution in [2.75, 3.05) is 92.5 Å². The largest absolute Gasteiger partial charge is 0.460 e. The van der Waals surface area contributed by atoms with Crippen LogP contribution >= 0.6 is 0 Å². The number of hydrogen-bond acceptors (Lipinski definition) is 17. The van der Waals surface area contributed by atoms with E-state index >= 15 is 0 Å². The minimum Gasteiger partial charge on any atom is -0.460 e. The first-order valence-electron chi connectivity index (χ1n) is 19.6. The van der Waals surface area contributed by atoms with Gasteiger partial charge in [0, 0.05) is 39.3 Å². The third kappa shape index (κ3) is 30.3. The van der Waals surface area contributed by atoms with E-state index in [0.29, 0.717) is 149 Å². The van der Waals surface area contributed by atoms with Gasteiger partial charge < -0.3 is 47.4 Å². The lowest BCUT2D eigenvalue weighted by Gasteiger charge is -2.19. The normalized spacial score (nSPS) is 11.7. The van der Waals surface area contributed by atoms with Crippen molar-refractivity contribution in [2.24, 2.45) is 0 Å². The number of rotatable bonds is 32. The van der Waals surface area contributed by atoms with Crippen LogP contribution in [0.1, 0.15) is 104 Å². The van der Waals surface area contributed by atoms with E-state index < -0.39 is 17.5 Å². The van der Waals surface area contributed by atoms with Gasteiger partial charge in [-0.2, -0.15) is 0 Å². The van der Waals surface area contributed by atoms with Crippen LogP contribution in [0.25, 0.3) is 0 Å². The fourth-order valence-electron chi connectivity index (χ4n) is 4.35. The SMILES string of the molecule is CC(C)(C)OC(=O)CCCOCCOCCOCCn1cc(C=O)nn1.CCOC(OCC)c1cn(CCOCCOCCOCCCC(=O)OC(C)(C)C)nn1. The number of ether oxygens (including phenoxy) is 10. The van der Waals surface area contributed by atoms with E-state index in [-0.39, 0.29) is 11.9 Å².